The summed E-state index contributed by atoms with van der Waals surface area (Å²) in [4.78, 5) is 25.1. The van der Waals surface area contributed by atoms with Crippen LogP contribution in [0.15, 0.2) is 66.7 Å². The van der Waals surface area contributed by atoms with Crippen molar-refractivity contribution in [3.05, 3.63) is 82.7 Å². The Morgan fingerprint density at radius 3 is 2.13 bits per heavy atom. The molecule has 0 saturated carbocycles. The maximum Gasteiger partial charge on any atom is 0.307 e. The highest BCUT2D eigenvalue weighted by molar-refractivity contribution is 7.17. The smallest absolute Gasteiger partial charge is 0.307 e. The van der Waals surface area contributed by atoms with Crippen LogP contribution in [0.2, 0.25) is 0 Å². The molecule has 0 fully saturated rings. The number of carbonyl (C=O) groups excluding carboxylic acids is 1. The van der Waals surface area contributed by atoms with Gasteiger partial charge in [0.05, 0.1) is 11.3 Å². The summed E-state index contributed by atoms with van der Waals surface area (Å²) in [6.07, 6.45) is -0.0944. The number of carbonyl (C=O) groups is 2. The lowest BCUT2D eigenvalue weighted by molar-refractivity contribution is -0.136. The molecule has 0 amide bonds. The highest BCUT2D eigenvalue weighted by atomic mass is 32.1. The Kier molecular flexibility index (Phi) is 4.35. The Bertz CT molecular complexity index is 836. The molecule has 0 spiro atoms. The summed E-state index contributed by atoms with van der Waals surface area (Å²) in [5.41, 5.74) is 2.21. The van der Waals surface area contributed by atoms with E-state index in [0.717, 1.165) is 10.4 Å². The van der Waals surface area contributed by atoms with Crippen LogP contribution >= 0.6 is 11.3 Å². The number of benzene rings is 2. The Morgan fingerprint density at radius 1 is 0.913 bits per heavy atom. The molecule has 3 aromatic rings. The molecule has 23 heavy (non-hydrogen) atoms. The largest absolute Gasteiger partial charge is 0.481 e. The van der Waals surface area contributed by atoms with Crippen molar-refractivity contribution in [2.75, 3.05) is 0 Å². The SMILES string of the molecule is O=C(O)Cc1cc(C(=O)c2ccccc2)sc1-c1ccccc1. The van der Waals surface area contributed by atoms with Gasteiger partial charge in [0.25, 0.3) is 0 Å². The van der Waals surface area contributed by atoms with Crippen LogP contribution in [-0.4, -0.2) is 16.9 Å². The highest BCUT2D eigenvalue weighted by Crippen LogP contribution is 2.34. The molecule has 1 heterocycles. The molecule has 0 aliphatic heterocycles. The minimum atomic E-state index is -0.904. The number of hydrogen-bond donors (Lipinski definition) is 1. The summed E-state index contributed by atoms with van der Waals surface area (Å²) in [6, 6.07) is 20.3. The second kappa shape index (κ2) is 6.58. The third-order valence-corrected chi connectivity index (χ3v) is 4.67. The van der Waals surface area contributed by atoms with Crippen molar-refractivity contribution >= 4 is 23.1 Å². The zero-order valence-corrected chi connectivity index (χ0v) is 13.0. The Morgan fingerprint density at radius 2 is 1.52 bits per heavy atom. The number of rotatable bonds is 5. The molecule has 114 valence electrons. The molecule has 0 aliphatic carbocycles. The number of aliphatic carboxylic acids is 1. The molecule has 3 nitrogen and oxygen atoms in total. The first-order valence-electron chi connectivity index (χ1n) is 7.15. The van der Waals surface area contributed by atoms with Crippen molar-refractivity contribution in [3.8, 4) is 10.4 Å². The van der Waals surface area contributed by atoms with E-state index in [1.54, 1.807) is 18.2 Å². The van der Waals surface area contributed by atoms with E-state index < -0.39 is 5.97 Å². The Hall–Kier alpha value is -2.72. The van der Waals surface area contributed by atoms with E-state index in [2.05, 4.69) is 0 Å². The standard InChI is InChI=1S/C19H14O3S/c20-17(21)12-15-11-16(18(22)13-7-3-1-4-8-13)23-19(15)14-9-5-2-6-10-14/h1-11H,12H2,(H,20,21). The molecule has 2 aromatic carbocycles. The molecule has 0 unspecified atom stereocenters. The first-order valence-corrected chi connectivity index (χ1v) is 7.96. The van der Waals surface area contributed by atoms with E-state index in [9.17, 15) is 9.59 Å². The quantitative estimate of drug-likeness (QED) is 0.714. The van der Waals surface area contributed by atoms with Crippen molar-refractivity contribution in [2.24, 2.45) is 0 Å². The molecule has 0 bridgehead atoms. The normalized spacial score (nSPS) is 10.4. The molecule has 1 N–H and O–H groups in total. The Labute approximate surface area is 137 Å². The number of thiophene rings is 1. The second-order valence-electron chi connectivity index (χ2n) is 5.10. The van der Waals surface area contributed by atoms with Gasteiger partial charge in [0.1, 0.15) is 0 Å². The van der Waals surface area contributed by atoms with Gasteiger partial charge in [-0.15, -0.1) is 11.3 Å². The molecule has 0 atom stereocenters. The van der Waals surface area contributed by atoms with E-state index in [1.165, 1.54) is 11.3 Å². The highest BCUT2D eigenvalue weighted by Gasteiger charge is 2.18. The lowest BCUT2D eigenvalue weighted by Crippen LogP contribution is -2.00. The maximum atomic E-state index is 12.6. The average Bonchev–Trinajstić information content (AvgIpc) is 2.99. The van der Waals surface area contributed by atoms with E-state index >= 15 is 0 Å². The van der Waals surface area contributed by atoms with Crippen LogP contribution in [0.25, 0.3) is 10.4 Å². The zero-order chi connectivity index (χ0) is 16.2. The summed E-state index contributed by atoms with van der Waals surface area (Å²) in [5.74, 6) is -0.983. The molecule has 4 heteroatoms. The third-order valence-electron chi connectivity index (χ3n) is 3.45. The van der Waals surface area contributed by atoms with Crippen LogP contribution in [0.3, 0.4) is 0 Å². The van der Waals surface area contributed by atoms with E-state index in [-0.39, 0.29) is 12.2 Å². The maximum absolute atomic E-state index is 12.6. The molecular weight excluding hydrogens is 308 g/mol. The first-order chi connectivity index (χ1) is 11.1. The van der Waals surface area contributed by atoms with Gasteiger partial charge in [-0.2, -0.15) is 0 Å². The molecular formula is C19H14O3S. The van der Waals surface area contributed by atoms with Gasteiger partial charge in [-0.05, 0) is 17.2 Å². The summed E-state index contributed by atoms with van der Waals surface area (Å²) < 4.78 is 0. The van der Waals surface area contributed by atoms with Crippen LogP contribution in [-0.2, 0) is 11.2 Å². The van der Waals surface area contributed by atoms with Gasteiger partial charge in [0, 0.05) is 10.4 Å². The van der Waals surface area contributed by atoms with Gasteiger partial charge in [-0.3, -0.25) is 9.59 Å². The summed E-state index contributed by atoms with van der Waals surface area (Å²) in [5, 5.41) is 9.12. The molecule has 0 radical (unpaired) electrons. The predicted molar refractivity (Wildman–Crippen MR) is 91.0 cm³/mol. The van der Waals surface area contributed by atoms with E-state index in [0.29, 0.717) is 16.0 Å². The minimum absolute atomic E-state index is 0.0792. The molecule has 0 aliphatic rings. The lowest BCUT2D eigenvalue weighted by Gasteiger charge is -2.00. The summed E-state index contributed by atoms with van der Waals surface area (Å²) in [6.45, 7) is 0. The van der Waals surface area contributed by atoms with Gasteiger partial charge >= 0.3 is 5.97 Å². The summed E-state index contributed by atoms with van der Waals surface area (Å²) in [7, 11) is 0. The van der Waals surface area contributed by atoms with Crippen LogP contribution in [0.4, 0.5) is 0 Å². The number of ketones is 1. The number of hydrogen-bond acceptors (Lipinski definition) is 3. The molecule has 1 aromatic heterocycles. The fourth-order valence-corrected chi connectivity index (χ4v) is 3.55. The van der Waals surface area contributed by atoms with E-state index in [4.69, 9.17) is 5.11 Å². The van der Waals surface area contributed by atoms with Crippen molar-refractivity contribution in [1.82, 2.24) is 0 Å². The first kappa shape index (κ1) is 15.2. The van der Waals surface area contributed by atoms with Crippen molar-refractivity contribution in [3.63, 3.8) is 0 Å². The van der Waals surface area contributed by atoms with Gasteiger partial charge in [-0.1, -0.05) is 60.7 Å². The number of carboxylic acid groups (broad SMARTS) is 1. The average molecular weight is 322 g/mol. The third kappa shape index (κ3) is 3.38. The number of carboxylic acids is 1. The van der Waals surface area contributed by atoms with Gasteiger partial charge in [0.2, 0.25) is 5.78 Å². The van der Waals surface area contributed by atoms with Gasteiger partial charge in [0.15, 0.2) is 0 Å². The van der Waals surface area contributed by atoms with Crippen molar-refractivity contribution in [1.29, 1.82) is 0 Å². The van der Waals surface area contributed by atoms with Crippen molar-refractivity contribution < 1.29 is 14.7 Å². The Balaban J connectivity index is 2.05. The van der Waals surface area contributed by atoms with Gasteiger partial charge < -0.3 is 5.11 Å². The van der Waals surface area contributed by atoms with Crippen LogP contribution in [0, 0.1) is 0 Å². The fourth-order valence-electron chi connectivity index (χ4n) is 2.40. The molecule has 3 rings (SSSR count). The van der Waals surface area contributed by atoms with Gasteiger partial charge in [-0.25, -0.2) is 0 Å². The molecule has 0 saturated heterocycles. The predicted octanol–water partition coefficient (Wildman–Crippen LogP) is 4.27. The minimum Gasteiger partial charge on any atom is -0.481 e. The zero-order valence-electron chi connectivity index (χ0n) is 12.2. The second-order valence-corrected chi connectivity index (χ2v) is 6.15. The lowest BCUT2D eigenvalue weighted by atomic mass is 10.1. The fraction of sp³-hybridized carbons (Fsp3) is 0.0526. The topological polar surface area (TPSA) is 54.4 Å². The van der Waals surface area contributed by atoms with Crippen molar-refractivity contribution in [2.45, 2.75) is 6.42 Å². The van der Waals surface area contributed by atoms with Crippen LogP contribution < -0.4 is 0 Å². The monoisotopic (exact) mass is 322 g/mol. The van der Waals surface area contributed by atoms with Crippen LogP contribution in [0.1, 0.15) is 20.8 Å². The summed E-state index contributed by atoms with van der Waals surface area (Å²) >= 11 is 1.34. The van der Waals surface area contributed by atoms with E-state index in [1.807, 2.05) is 48.5 Å². The van der Waals surface area contributed by atoms with Crippen LogP contribution in [0.5, 0.6) is 0 Å².